The molecule has 0 fully saturated rings. The molecule has 1 atom stereocenters. The molecule has 16 heavy (non-hydrogen) atoms. The summed E-state index contributed by atoms with van der Waals surface area (Å²) < 4.78 is 14.8. The van der Waals surface area contributed by atoms with Gasteiger partial charge >= 0.3 is 5.97 Å². The van der Waals surface area contributed by atoms with E-state index in [1.54, 1.807) is 18.2 Å². The predicted molar refractivity (Wildman–Crippen MR) is 53.4 cm³/mol. The summed E-state index contributed by atoms with van der Waals surface area (Å²) in [6, 6.07) is 4.92. The van der Waals surface area contributed by atoms with Gasteiger partial charge in [-0.15, -0.1) is 0 Å². The average Bonchev–Trinajstić information content (AvgIpc) is 2.77. The molecule has 5 heteroatoms. The first kappa shape index (κ1) is 10.5. The number of carbonyl (C=O) groups excluding carboxylic acids is 2. The number of benzene rings is 1. The molecule has 0 saturated carbocycles. The van der Waals surface area contributed by atoms with Crippen LogP contribution in [0.3, 0.4) is 0 Å². The number of esters is 1. The van der Waals surface area contributed by atoms with Crippen LogP contribution < -0.4 is 9.47 Å². The van der Waals surface area contributed by atoms with E-state index in [9.17, 15) is 9.59 Å². The van der Waals surface area contributed by atoms with Gasteiger partial charge in [-0.3, -0.25) is 4.79 Å². The van der Waals surface area contributed by atoms with Crippen molar-refractivity contribution in [2.24, 2.45) is 0 Å². The zero-order valence-corrected chi connectivity index (χ0v) is 8.64. The summed E-state index contributed by atoms with van der Waals surface area (Å²) in [5.74, 6) is -0.361. The van der Waals surface area contributed by atoms with Crippen molar-refractivity contribution in [1.29, 1.82) is 0 Å². The van der Waals surface area contributed by atoms with Crippen LogP contribution in [0, 0.1) is 0 Å². The number of aldehydes is 1. The van der Waals surface area contributed by atoms with Crippen molar-refractivity contribution < 1.29 is 23.8 Å². The molecule has 0 aliphatic carbocycles. The highest BCUT2D eigenvalue weighted by molar-refractivity contribution is 5.94. The molecule has 1 aliphatic heterocycles. The molecule has 1 aromatic rings. The minimum absolute atomic E-state index is 0.156. The minimum atomic E-state index is -0.917. The molecule has 84 valence electrons. The van der Waals surface area contributed by atoms with E-state index >= 15 is 0 Å². The second kappa shape index (κ2) is 4.22. The summed E-state index contributed by atoms with van der Waals surface area (Å²) in [6.45, 7) is 0.156. The van der Waals surface area contributed by atoms with E-state index in [0.29, 0.717) is 23.3 Å². The lowest BCUT2D eigenvalue weighted by Crippen LogP contribution is -2.15. The molecule has 0 amide bonds. The van der Waals surface area contributed by atoms with Crippen molar-refractivity contribution in [2.45, 2.75) is 5.92 Å². The zero-order valence-electron chi connectivity index (χ0n) is 8.64. The van der Waals surface area contributed by atoms with Crippen molar-refractivity contribution in [3.8, 4) is 11.5 Å². The van der Waals surface area contributed by atoms with Gasteiger partial charge in [-0.1, -0.05) is 6.07 Å². The van der Waals surface area contributed by atoms with Crippen LogP contribution in [0.1, 0.15) is 11.5 Å². The van der Waals surface area contributed by atoms with E-state index in [1.165, 1.54) is 7.11 Å². The van der Waals surface area contributed by atoms with Gasteiger partial charge in [-0.05, 0) is 17.7 Å². The Balaban J connectivity index is 2.32. The molecule has 0 spiro atoms. The van der Waals surface area contributed by atoms with Crippen molar-refractivity contribution in [3.63, 3.8) is 0 Å². The second-order valence-electron chi connectivity index (χ2n) is 3.25. The number of methoxy groups -OCH3 is 1. The first-order chi connectivity index (χ1) is 7.76. The molecule has 5 nitrogen and oxygen atoms in total. The Morgan fingerprint density at radius 2 is 2.19 bits per heavy atom. The molecule has 1 heterocycles. The fourth-order valence-electron chi connectivity index (χ4n) is 1.50. The van der Waals surface area contributed by atoms with Gasteiger partial charge in [-0.2, -0.15) is 0 Å². The lowest BCUT2D eigenvalue weighted by Gasteiger charge is -2.08. The average molecular weight is 222 g/mol. The van der Waals surface area contributed by atoms with E-state index < -0.39 is 11.9 Å². The normalized spacial score (nSPS) is 14.3. The van der Waals surface area contributed by atoms with Crippen molar-refractivity contribution >= 4 is 12.3 Å². The molecule has 1 aliphatic rings. The van der Waals surface area contributed by atoms with Gasteiger partial charge in [0.25, 0.3) is 0 Å². The van der Waals surface area contributed by atoms with Crippen LogP contribution in [0.5, 0.6) is 11.5 Å². The maximum Gasteiger partial charge on any atom is 0.320 e. The van der Waals surface area contributed by atoms with Gasteiger partial charge in [0, 0.05) is 0 Å². The Bertz CT molecular complexity index is 426. The summed E-state index contributed by atoms with van der Waals surface area (Å²) in [7, 11) is 1.24. The topological polar surface area (TPSA) is 61.8 Å². The van der Waals surface area contributed by atoms with Gasteiger partial charge in [0.15, 0.2) is 11.5 Å². The highest BCUT2D eigenvalue weighted by Crippen LogP contribution is 2.34. The van der Waals surface area contributed by atoms with Gasteiger partial charge in [0.2, 0.25) is 6.79 Å². The van der Waals surface area contributed by atoms with E-state index in [1.807, 2.05) is 0 Å². The molecule has 1 aromatic carbocycles. The van der Waals surface area contributed by atoms with E-state index in [4.69, 9.17) is 9.47 Å². The smallest absolute Gasteiger partial charge is 0.320 e. The zero-order chi connectivity index (χ0) is 11.5. The van der Waals surface area contributed by atoms with Crippen LogP contribution in [0.2, 0.25) is 0 Å². The Labute approximate surface area is 91.9 Å². The first-order valence-electron chi connectivity index (χ1n) is 4.69. The predicted octanol–water partition coefficient (Wildman–Crippen LogP) is 0.871. The van der Waals surface area contributed by atoms with Crippen molar-refractivity contribution in [3.05, 3.63) is 23.8 Å². The highest BCUT2D eigenvalue weighted by Gasteiger charge is 2.23. The third kappa shape index (κ3) is 1.71. The van der Waals surface area contributed by atoms with Gasteiger partial charge < -0.3 is 19.0 Å². The number of fused-ring (bicyclic) bond motifs is 1. The number of ether oxygens (including phenoxy) is 3. The highest BCUT2D eigenvalue weighted by atomic mass is 16.7. The number of hydrogen-bond acceptors (Lipinski definition) is 5. The van der Waals surface area contributed by atoms with Crippen molar-refractivity contribution in [1.82, 2.24) is 0 Å². The van der Waals surface area contributed by atoms with Crippen LogP contribution in [0.4, 0.5) is 0 Å². The maximum atomic E-state index is 11.3. The Hall–Kier alpha value is -2.04. The molecular weight excluding hydrogens is 212 g/mol. The largest absolute Gasteiger partial charge is 0.468 e. The molecule has 0 N–H and O–H groups in total. The van der Waals surface area contributed by atoms with Gasteiger partial charge in [-0.25, -0.2) is 0 Å². The SMILES string of the molecule is COC(=O)C(C=O)c1ccc2c(c1)OCO2. The van der Waals surface area contributed by atoms with E-state index in [-0.39, 0.29) is 6.79 Å². The van der Waals surface area contributed by atoms with E-state index in [0.717, 1.165) is 0 Å². The Morgan fingerprint density at radius 3 is 2.88 bits per heavy atom. The minimum Gasteiger partial charge on any atom is -0.468 e. The van der Waals surface area contributed by atoms with Crippen LogP contribution >= 0.6 is 0 Å². The maximum absolute atomic E-state index is 11.3. The van der Waals surface area contributed by atoms with Gasteiger partial charge in [0.05, 0.1) is 7.11 Å². The molecular formula is C11H10O5. The molecule has 0 radical (unpaired) electrons. The summed E-state index contributed by atoms with van der Waals surface area (Å²) in [5.41, 5.74) is 0.533. The Morgan fingerprint density at radius 1 is 1.44 bits per heavy atom. The monoisotopic (exact) mass is 222 g/mol. The van der Waals surface area contributed by atoms with E-state index in [2.05, 4.69) is 4.74 Å². The fourth-order valence-corrected chi connectivity index (χ4v) is 1.50. The summed E-state index contributed by atoms with van der Waals surface area (Å²) in [6.07, 6.45) is 0.545. The summed E-state index contributed by atoms with van der Waals surface area (Å²) in [4.78, 5) is 22.2. The summed E-state index contributed by atoms with van der Waals surface area (Å²) in [5, 5.41) is 0. The molecule has 1 unspecified atom stereocenters. The molecule has 0 aromatic heterocycles. The fraction of sp³-hybridized carbons (Fsp3) is 0.273. The van der Waals surface area contributed by atoms with Crippen LogP contribution in [-0.2, 0) is 14.3 Å². The van der Waals surface area contributed by atoms with Crippen LogP contribution in [-0.4, -0.2) is 26.2 Å². The van der Waals surface area contributed by atoms with Crippen LogP contribution in [0.25, 0.3) is 0 Å². The number of rotatable bonds is 3. The first-order valence-corrected chi connectivity index (χ1v) is 4.69. The Kier molecular flexibility index (Phi) is 2.76. The second-order valence-corrected chi connectivity index (χ2v) is 3.25. The lowest BCUT2D eigenvalue weighted by molar-refractivity contribution is -0.143. The molecule has 0 bridgehead atoms. The molecule has 0 saturated heterocycles. The quantitative estimate of drug-likeness (QED) is 0.431. The third-order valence-corrected chi connectivity index (χ3v) is 2.35. The number of carbonyl (C=O) groups is 2. The van der Waals surface area contributed by atoms with Crippen molar-refractivity contribution in [2.75, 3.05) is 13.9 Å². The lowest BCUT2D eigenvalue weighted by atomic mass is 10.0. The standard InChI is InChI=1S/C11H10O5/c1-14-11(13)8(5-12)7-2-3-9-10(4-7)16-6-15-9/h2-5,8H,6H2,1H3. The number of hydrogen-bond donors (Lipinski definition) is 0. The summed E-state index contributed by atoms with van der Waals surface area (Å²) >= 11 is 0. The van der Waals surface area contributed by atoms with Gasteiger partial charge in [0.1, 0.15) is 12.2 Å². The molecule has 2 rings (SSSR count). The van der Waals surface area contributed by atoms with Crippen LogP contribution in [0.15, 0.2) is 18.2 Å². The third-order valence-electron chi connectivity index (χ3n) is 2.35.